The lowest BCUT2D eigenvalue weighted by molar-refractivity contribution is 0.101. The number of carbonyl (C=O) groups excluding carboxylic acids is 1. The quantitative estimate of drug-likeness (QED) is 0.360. The van der Waals surface area contributed by atoms with E-state index in [1.165, 1.54) is 16.8 Å². The number of rotatable bonds is 4. The molecule has 2 aromatic heterocycles. The minimum absolute atomic E-state index is 0.0653. The van der Waals surface area contributed by atoms with Gasteiger partial charge >= 0.3 is 0 Å². The monoisotopic (exact) mass is 500 g/mol. The lowest BCUT2D eigenvalue weighted by atomic mass is 10.0. The van der Waals surface area contributed by atoms with Crippen LogP contribution in [0, 0.1) is 22.1 Å². The predicted octanol–water partition coefficient (Wildman–Crippen LogP) is 4.38. The minimum Gasteiger partial charge on any atom is -0.345 e. The zero-order chi connectivity index (χ0) is 25.4. The van der Waals surface area contributed by atoms with Crippen molar-refractivity contribution in [3.63, 3.8) is 0 Å². The van der Waals surface area contributed by atoms with E-state index in [2.05, 4.69) is 21.1 Å². The van der Waals surface area contributed by atoms with Gasteiger partial charge in [0.2, 0.25) is 5.95 Å². The van der Waals surface area contributed by atoms with Gasteiger partial charge in [0.05, 0.1) is 4.90 Å². The summed E-state index contributed by atoms with van der Waals surface area (Å²) >= 11 is 0. The molecule has 0 saturated heterocycles. The summed E-state index contributed by atoms with van der Waals surface area (Å²) in [6.07, 6.45) is 5.48. The topological polar surface area (TPSA) is 124 Å². The highest BCUT2D eigenvalue weighted by Crippen LogP contribution is 2.28. The Bertz CT molecular complexity index is 1700. The molecule has 4 aromatic rings. The number of pyridine rings is 1. The molecule has 3 N–H and O–H groups in total. The lowest BCUT2D eigenvalue weighted by Gasteiger charge is -2.15. The summed E-state index contributed by atoms with van der Waals surface area (Å²) in [5.41, 5.74) is 1.41. The van der Waals surface area contributed by atoms with Crippen LogP contribution in [0.5, 0.6) is 0 Å². The van der Waals surface area contributed by atoms with E-state index in [4.69, 9.17) is 10.0 Å². The second-order valence-electron chi connectivity index (χ2n) is 8.52. The first-order chi connectivity index (χ1) is 17.2. The predicted molar refractivity (Wildman–Crippen MR) is 135 cm³/mol. The molecule has 0 aliphatic carbocycles. The summed E-state index contributed by atoms with van der Waals surface area (Å²) in [7, 11) is -1.84. The van der Waals surface area contributed by atoms with Crippen LogP contribution in [0.2, 0.25) is 0 Å². The molecular formula is C26H21FN6O2S. The molecule has 0 radical (unpaired) electrons. The summed E-state index contributed by atoms with van der Waals surface area (Å²) in [5, 5.41) is 13.8. The third-order valence-electron chi connectivity index (χ3n) is 5.96. The standard InChI is InChI=1S/C26H21FN6O2S/c1-33-15-23-22(25(33)26(34)31-20-12-21(14-28)30-24(27)13-20)9-8-19(32-36(23,29)35)11-16-6-7-17-4-2-3-5-18(17)10-16/h2-10,12-13,15,19H,11H2,1H3,(H2,29,32,35)(H,30,31,34)/t19-,36?/m0/s1. The fourth-order valence-corrected chi connectivity index (χ4v) is 5.86. The van der Waals surface area contributed by atoms with Crippen LogP contribution in [0.15, 0.2) is 71.8 Å². The third kappa shape index (κ3) is 4.49. The van der Waals surface area contributed by atoms with E-state index in [0.29, 0.717) is 12.0 Å². The summed E-state index contributed by atoms with van der Waals surface area (Å²) in [6.45, 7) is 0. The molecule has 5 rings (SSSR count). The molecule has 2 aromatic carbocycles. The van der Waals surface area contributed by atoms with Crippen LogP contribution in [0.4, 0.5) is 10.1 Å². The number of nitriles is 1. The van der Waals surface area contributed by atoms with Crippen molar-refractivity contribution in [1.82, 2.24) is 14.3 Å². The van der Waals surface area contributed by atoms with Gasteiger partial charge in [-0.3, -0.25) is 4.79 Å². The van der Waals surface area contributed by atoms with Gasteiger partial charge in [-0.05, 0) is 28.8 Å². The number of carbonyl (C=O) groups is 1. The van der Waals surface area contributed by atoms with Gasteiger partial charge in [0.1, 0.15) is 27.4 Å². The number of halogens is 1. The van der Waals surface area contributed by atoms with E-state index < -0.39 is 27.8 Å². The Morgan fingerprint density at radius 2 is 2.03 bits per heavy atom. The molecule has 0 bridgehead atoms. The highest BCUT2D eigenvalue weighted by molar-refractivity contribution is 7.90. The van der Waals surface area contributed by atoms with Crippen LogP contribution in [-0.2, 0) is 23.4 Å². The fourth-order valence-electron chi connectivity index (χ4n) is 4.36. The number of nitrogens with zero attached hydrogens (tertiary/aromatic N) is 3. The molecule has 1 unspecified atom stereocenters. The van der Waals surface area contributed by atoms with Gasteiger partial charge in [0, 0.05) is 36.6 Å². The van der Waals surface area contributed by atoms with E-state index in [1.54, 1.807) is 25.3 Å². The maximum absolute atomic E-state index is 13.7. The van der Waals surface area contributed by atoms with Crippen molar-refractivity contribution in [2.75, 3.05) is 5.32 Å². The van der Waals surface area contributed by atoms with Gasteiger partial charge in [-0.15, -0.1) is 0 Å². The van der Waals surface area contributed by atoms with Crippen molar-refractivity contribution < 1.29 is 13.4 Å². The fraction of sp³-hybridized carbons (Fsp3) is 0.115. The molecule has 8 nitrogen and oxygen atoms in total. The highest BCUT2D eigenvalue weighted by Gasteiger charge is 2.28. The number of aryl methyl sites for hydroxylation is 1. The van der Waals surface area contributed by atoms with E-state index in [-0.39, 0.29) is 22.0 Å². The number of fused-ring (bicyclic) bond motifs is 2. The summed E-state index contributed by atoms with van der Waals surface area (Å²) < 4.78 is 40.1. The Labute approximate surface area is 207 Å². The number of hydrogen-bond donors (Lipinski definition) is 3. The smallest absolute Gasteiger partial charge is 0.272 e. The van der Waals surface area contributed by atoms with Crippen molar-refractivity contribution in [3.8, 4) is 6.07 Å². The molecule has 36 heavy (non-hydrogen) atoms. The van der Waals surface area contributed by atoms with Crippen LogP contribution in [0.1, 0.15) is 27.3 Å². The third-order valence-corrected chi connectivity index (χ3v) is 7.54. The number of benzene rings is 2. The van der Waals surface area contributed by atoms with Crippen LogP contribution in [-0.4, -0.2) is 25.7 Å². The normalized spacial score (nSPS) is 18.9. The number of aromatic nitrogens is 2. The van der Waals surface area contributed by atoms with Gasteiger partial charge in [-0.25, -0.2) is 18.7 Å². The van der Waals surface area contributed by atoms with Gasteiger partial charge in [-0.1, -0.05) is 54.6 Å². The second kappa shape index (κ2) is 9.03. The van der Waals surface area contributed by atoms with E-state index in [0.717, 1.165) is 22.4 Å². The zero-order valence-electron chi connectivity index (χ0n) is 19.2. The molecule has 0 spiro atoms. The Morgan fingerprint density at radius 1 is 1.25 bits per heavy atom. The van der Waals surface area contributed by atoms with Crippen molar-refractivity contribution in [2.24, 2.45) is 7.05 Å². The molecule has 2 atom stereocenters. The second-order valence-corrected chi connectivity index (χ2v) is 10.3. The van der Waals surface area contributed by atoms with Gasteiger partial charge in [-0.2, -0.15) is 9.65 Å². The maximum atomic E-state index is 13.7. The summed E-state index contributed by atoms with van der Waals surface area (Å²) in [4.78, 5) is 16.8. The number of anilines is 1. The molecule has 3 heterocycles. The zero-order valence-corrected chi connectivity index (χ0v) is 20.0. The number of hydrogen-bond acceptors (Lipinski definition) is 5. The Balaban J connectivity index is 1.46. The lowest BCUT2D eigenvalue weighted by Crippen LogP contribution is -2.33. The van der Waals surface area contributed by atoms with Crippen LogP contribution in [0.25, 0.3) is 16.8 Å². The van der Waals surface area contributed by atoms with Gasteiger partial charge in [0.25, 0.3) is 5.91 Å². The summed E-state index contributed by atoms with van der Waals surface area (Å²) in [5.74, 6) is -1.49. The van der Waals surface area contributed by atoms with Gasteiger partial charge in [0.15, 0.2) is 0 Å². The average molecular weight is 501 g/mol. The minimum atomic E-state index is -3.44. The van der Waals surface area contributed by atoms with Crippen molar-refractivity contribution in [1.29, 1.82) is 10.0 Å². The Kier molecular flexibility index (Phi) is 5.88. The van der Waals surface area contributed by atoms with Crippen molar-refractivity contribution in [2.45, 2.75) is 17.4 Å². The Morgan fingerprint density at radius 3 is 2.81 bits per heavy atom. The SMILES string of the molecule is Cn1cc2c(c1C(=O)Nc1cc(F)nc(C#N)c1)C=C[C@@H](Cc1ccc3ccccc3c1)NS2(=N)=O. The number of amides is 1. The first kappa shape index (κ1) is 23.4. The number of nitrogens with one attached hydrogen (secondary N) is 3. The first-order valence-electron chi connectivity index (χ1n) is 11.0. The van der Waals surface area contributed by atoms with Crippen LogP contribution < -0.4 is 10.0 Å². The molecule has 1 aliphatic rings. The molecule has 0 fully saturated rings. The maximum Gasteiger partial charge on any atom is 0.272 e. The van der Waals surface area contributed by atoms with Crippen molar-refractivity contribution in [3.05, 3.63) is 95.3 Å². The highest BCUT2D eigenvalue weighted by atomic mass is 32.2. The molecule has 0 saturated carbocycles. The van der Waals surface area contributed by atoms with Crippen LogP contribution >= 0.6 is 0 Å². The Hall–Kier alpha value is -4.33. The first-order valence-corrected chi connectivity index (χ1v) is 12.6. The molecule has 10 heteroatoms. The van der Waals surface area contributed by atoms with Crippen LogP contribution in [0.3, 0.4) is 0 Å². The largest absolute Gasteiger partial charge is 0.345 e. The van der Waals surface area contributed by atoms with Gasteiger partial charge < -0.3 is 9.88 Å². The van der Waals surface area contributed by atoms with E-state index in [9.17, 15) is 13.4 Å². The molecule has 1 amide bonds. The summed E-state index contributed by atoms with van der Waals surface area (Å²) in [6, 6.07) is 17.7. The molecule has 180 valence electrons. The van der Waals surface area contributed by atoms with E-state index >= 15 is 0 Å². The average Bonchev–Trinajstić information content (AvgIpc) is 3.13. The van der Waals surface area contributed by atoms with Crippen molar-refractivity contribution >= 4 is 38.4 Å². The van der Waals surface area contributed by atoms with E-state index in [1.807, 2.05) is 36.4 Å². The molecular weight excluding hydrogens is 479 g/mol. The molecule has 1 aliphatic heterocycles.